The number of benzene rings is 1. The molecule has 1 aromatic heterocycles. The predicted molar refractivity (Wildman–Crippen MR) is 94.4 cm³/mol. The SMILES string of the molecule is CC1(S(=O)(=O)c2cccc(C(F)(F)F)c2)CCOC(c2cc(C(F)(F)F)nn2CO)C1. The fraction of sp³-hybridized carbons (Fsp3) is 0.500. The number of nitrogens with zero attached hydrogens (tertiary/aromatic N) is 2. The lowest BCUT2D eigenvalue weighted by molar-refractivity contribution is -0.141. The first-order valence-corrected chi connectivity index (χ1v) is 10.5. The summed E-state index contributed by atoms with van der Waals surface area (Å²) < 4.78 is 109. The van der Waals surface area contributed by atoms with Gasteiger partial charge in [0.05, 0.1) is 20.9 Å². The number of hydrogen-bond donors (Lipinski definition) is 1. The molecule has 1 aromatic carbocycles. The molecule has 0 saturated carbocycles. The molecule has 2 heterocycles. The normalized spacial score (nSPS) is 23.2. The summed E-state index contributed by atoms with van der Waals surface area (Å²) in [6.07, 6.45) is -11.1. The van der Waals surface area contributed by atoms with Crippen molar-refractivity contribution in [2.24, 2.45) is 0 Å². The summed E-state index contributed by atoms with van der Waals surface area (Å²) in [5, 5.41) is 12.6. The van der Waals surface area contributed by atoms with E-state index in [9.17, 15) is 39.9 Å². The van der Waals surface area contributed by atoms with E-state index in [1.807, 2.05) is 0 Å². The molecule has 2 aromatic rings. The van der Waals surface area contributed by atoms with Crippen molar-refractivity contribution in [2.75, 3.05) is 6.61 Å². The van der Waals surface area contributed by atoms with Crippen molar-refractivity contribution in [3.05, 3.63) is 47.3 Å². The van der Waals surface area contributed by atoms with Gasteiger partial charge in [-0.25, -0.2) is 13.1 Å². The predicted octanol–water partition coefficient (Wildman–Crippen LogP) is 3.95. The summed E-state index contributed by atoms with van der Waals surface area (Å²) in [5.41, 5.74) is -2.60. The second-order valence-corrected chi connectivity index (χ2v) is 9.85. The minimum Gasteiger partial charge on any atom is -0.374 e. The summed E-state index contributed by atoms with van der Waals surface area (Å²) in [7, 11) is -4.32. The molecule has 0 spiro atoms. The van der Waals surface area contributed by atoms with Crippen LogP contribution >= 0.6 is 0 Å². The molecule has 0 amide bonds. The first-order chi connectivity index (χ1) is 14.2. The molecule has 1 saturated heterocycles. The van der Waals surface area contributed by atoms with Gasteiger partial charge in [-0.15, -0.1) is 0 Å². The Morgan fingerprint density at radius 3 is 2.45 bits per heavy atom. The Morgan fingerprint density at radius 2 is 1.87 bits per heavy atom. The number of aliphatic hydroxyl groups excluding tert-OH is 1. The molecular weight excluding hydrogens is 454 g/mol. The van der Waals surface area contributed by atoms with Gasteiger partial charge >= 0.3 is 12.4 Å². The van der Waals surface area contributed by atoms with Crippen LogP contribution in [0.15, 0.2) is 35.2 Å². The molecule has 13 heteroatoms. The molecular formula is C18H18F6N2O4S. The summed E-state index contributed by atoms with van der Waals surface area (Å²) in [5.74, 6) is 0. The minimum atomic E-state index is -4.79. The topological polar surface area (TPSA) is 81.4 Å². The summed E-state index contributed by atoms with van der Waals surface area (Å²) >= 11 is 0. The zero-order valence-corrected chi connectivity index (χ0v) is 16.9. The molecule has 1 aliphatic rings. The highest BCUT2D eigenvalue weighted by atomic mass is 32.2. The smallest absolute Gasteiger partial charge is 0.374 e. The van der Waals surface area contributed by atoms with Crippen LogP contribution in [0.4, 0.5) is 26.3 Å². The van der Waals surface area contributed by atoms with Crippen LogP contribution in [0.2, 0.25) is 0 Å². The second kappa shape index (κ2) is 7.78. The number of aliphatic hydroxyl groups is 1. The Labute approximate surface area is 173 Å². The third-order valence-corrected chi connectivity index (χ3v) is 7.80. The highest BCUT2D eigenvalue weighted by Crippen LogP contribution is 2.43. The van der Waals surface area contributed by atoms with Crippen LogP contribution in [0.5, 0.6) is 0 Å². The highest BCUT2D eigenvalue weighted by Gasteiger charge is 2.47. The Bertz CT molecular complexity index is 1060. The molecule has 31 heavy (non-hydrogen) atoms. The van der Waals surface area contributed by atoms with E-state index in [1.54, 1.807) is 0 Å². The number of ether oxygens (including phenoxy) is 1. The van der Waals surface area contributed by atoms with E-state index in [1.165, 1.54) is 6.92 Å². The number of rotatable bonds is 4. The van der Waals surface area contributed by atoms with E-state index in [0.717, 1.165) is 18.2 Å². The van der Waals surface area contributed by atoms with E-state index in [4.69, 9.17) is 4.74 Å². The molecule has 0 radical (unpaired) electrons. The lowest BCUT2D eigenvalue weighted by Crippen LogP contribution is -2.42. The summed E-state index contributed by atoms with van der Waals surface area (Å²) in [6, 6.07) is 3.95. The molecule has 0 bridgehead atoms. The third kappa shape index (κ3) is 4.44. The van der Waals surface area contributed by atoms with Gasteiger partial charge in [0.25, 0.3) is 0 Å². The Morgan fingerprint density at radius 1 is 1.19 bits per heavy atom. The largest absolute Gasteiger partial charge is 0.435 e. The van der Waals surface area contributed by atoms with E-state index < -0.39 is 55.9 Å². The van der Waals surface area contributed by atoms with Gasteiger partial charge in [-0.05, 0) is 44.0 Å². The standard InChI is InChI=1S/C18H18F6N2O4S/c1-16(31(28,29)12-4-2-3-11(7-12)17(19,20)21)5-6-30-14(9-16)13-8-15(18(22,23)24)25-26(13)10-27/h2-4,7-8,14,27H,5-6,9-10H2,1H3. The van der Waals surface area contributed by atoms with E-state index >= 15 is 0 Å². The van der Waals surface area contributed by atoms with E-state index in [2.05, 4.69) is 5.10 Å². The molecule has 3 rings (SSSR count). The maximum absolute atomic E-state index is 13.2. The van der Waals surface area contributed by atoms with Crippen LogP contribution in [0.3, 0.4) is 0 Å². The van der Waals surface area contributed by atoms with Gasteiger partial charge in [-0.1, -0.05) is 6.07 Å². The van der Waals surface area contributed by atoms with Crippen LogP contribution in [0, 0.1) is 0 Å². The van der Waals surface area contributed by atoms with Crippen molar-refractivity contribution in [3.63, 3.8) is 0 Å². The second-order valence-electron chi connectivity index (χ2n) is 7.39. The third-order valence-electron chi connectivity index (χ3n) is 5.25. The molecule has 2 atom stereocenters. The molecule has 1 aliphatic heterocycles. The molecule has 6 nitrogen and oxygen atoms in total. The van der Waals surface area contributed by atoms with Crippen molar-refractivity contribution < 1.29 is 44.6 Å². The van der Waals surface area contributed by atoms with Crippen LogP contribution < -0.4 is 0 Å². The number of sulfone groups is 1. The number of aromatic nitrogens is 2. The molecule has 0 aliphatic carbocycles. The monoisotopic (exact) mass is 472 g/mol. The first kappa shape index (κ1) is 23.5. The maximum atomic E-state index is 13.2. The van der Waals surface area contributed by atoms with E-state index in [0.29, 0.717) is 16.8 Å². The fourth-order valence-corrected chi connectivity index (χ4v) is 5.30. The van der Waals surface area contributed by atoms with Crippen LogP contribution in [0.25, 0.3) is 0 Å². The van der Waals surface area contributed by atoms with Crippen molar-refractivity contribution in [2.45, 2.75) is 54.6 Å². The quantitative estimate of drug-likeness (QED) is 0.682. The number of hydrogen-bond acceptors (Lipinski definition) is 5. The zero-order valence-electron chi connectivity index (χ0n) is 16.0. The van der Waals surface area contributed by atoms with Crippen molar-refractivity contribution in [1.29, 1.82) is 0 Å². The fourth-order valence-electron chi connectivity index (χ4n) is 3.47. The van der Waals surface area contributed by atoms with Crippen molar-refractivity contribution >= 4 is 9.84 Å². The Hall–Kier alpha value is -2.12. The molecule has 172 valence electrons. The summed E-state index contributed by atoms with van der Waals surface area (Å²) in [4.78, 5) is -0.544. The van der Waals surface area contributed by atoms with Crippen molar-refractivity contribution in [3.8, 4) is 0 Å². The average molecular weight is 472 g/mol. The maximum Gasteiger partial charge on any atom is 0.435 e. The van der Waals surface area contributed by atoms with E-state index in [-0.39, 0.29) is 25.1 Å². The Kier molecular flexibility index (Phi) is 5.91. The molecule has 1 fully saturated rings. The van der Waals surface area contributed by atoms with Crippen molar-refractivity contribution in [1.82, 2.24) is 9.78 Å². The lowest BCUT2D eigenvalue weighted by Gasteiger charge is -2.37. The average Bonchev–Trinajstić information content (AvgIpc) is 3.12. The molecule has 2 unspecified atom stereocenters. The summed E-state index contributed by atoms with van der Waals surface area (Å²) in [6.45, 7) is 0.238. The van der Waals surface area contributed by atoms with Gasteiger partial charge in [0.15, 0.2) is 15.5 Å². The lowest BCUT2D eigenvalue weighted by atomic mass is 9.94. The van der Waals surface area contributed by atoms with Gasteiger partial charge in [0.2, 0.25) is 0 Å². The van der Waals surface area contributed by atoms with Gasteiger partial charge in [0.1, 0.15) is 12.8 Å². The Balaban J connectivity index is 1.98. The number of halogens is 6. The highest BCUT2D eigenvalue weighted by molar-refractivity contribution is 7.92. The van der Waals surface area contributed by atoms with Gasteiger partial charge in [0, 0.05) is 6.61 Å². The number of alkyl halides is 6. The zero-order chi connectivity index (χ0) is 23.2. The first-order valence-electron chi connectivity index (χ1n) is 8.98. The minimum absolute atomic E-state index is 0.0819. The van der Waals surface area contributed by atoms with Gasteiger partial charge < -0.3 is 9.84 Å². The van der Waals surface area contributed by atoms with Crippen LogP contribution in [-0.4, -0.2) is 34.7 Å². The van der Waals surface area contributed by atoms with Crippen LogP contribution in [-0.2, 0) is 33.7 Å². The molecule has 1 N–H and O–H groups in total. The van der Waals surface area contributed by atoms with Crippen LogP contribution in [0.1, 0.15) is 42.8 Å². The van der Waals surface area contributed by atoms with Gasteiger partial charge in [-0.3, -0.25) is 0 Å². The van der Waals surface area contributed by atoms with Gasteiger partial charge in [-0.2, -0.15) is 31.4 Å².